The number of aliphatic hydroxyl groups excluding tert-OH is 1. The van der Waals surface area contributed by atoms with Crippen molar-refractivity contribution in [2.75, 3.05) is 0 Å². The van der Waals surface area contributed by atoms with E-state index in [4.69, 9.17) is 0 Å². The van der Waals surface area contributed by atoms with E-state index in [0.717, 1.165) is 27.7 Å². The van der Waals surface area contributed by atoms with Gasteiger partial charge in [0, 0.05) is 29.0 Å². The van der Waals surface area contributed by atoms with Gasteiger partial charge in [0.2, 0.25) is 0 Å². The minimum Gasteiger partial charge on any atom is -0.389 e. The van der Waals surface area contributed by atoms with Gasteiger partial charge in [-0.1, -0.05) is 24.3 Å². The van der Waals surface area contributed by atoms with E-state index in [2.05, 4.69) is 15.0 Å². The van der Waals surface area contributed by atoms with Crippen molar-refractivity contribution in [2.45, 2.75) is 20.0 Å². The van der Waals surface area contributed by atoms with Crippen LogP contribution in [0.2, 0.25) is 0 Å². The van der Waals surface area contributed by atoms with Gasteiger partial charge in [0.05, 0.1) is 6.10 Å². The largest absolute Gasteiger partial charge is 0.389 e. The van der Waals surface area contributed by atoms with Crippen molar-refractivity contribution < 1.29 is 5.11 Å². The molecular formula is C16H15N3O. The first kappa shape index (κ1) is 12.7. The van der Waals surface area contributed by atoms with Crippen molar-refractivity contribution in [3.8, 4) is 11.5 Å². The highest BCUT2D eigenvalue weighted by Gasteiger charge is 2.12. The van der Waals surface area contributed by atoms with E-state index in [-0.39, 0.29) is 0 Å². The van der Waals surface area contributed by atoms with Gasteiger partial charge in [-0.25, -0.2) is 9.97 Å². The molecule has 1 N–H and O–H groups in total. The second-order valence-electron chi connectivity index (χ2n) is 4.79. The molecule has 1 aromatic carbocycles. The van der Waals surface area contributed by atoms with E-state index < -0.39 is 6.10 Å². The predicted octanol–water partition coefficient (Wildman–Crippen LogP) is 3.05. The highest BCUT2D eigenvalue weighted by atomic mass is 16.3. The van der Waals surface area contributed by atoms with E-state index in [1.54, 1.807) is 19.3 Å². The minimum atomic E-state index is -0.565. The standard InChI is InChI=1S/C16H15N3O/c1-10-14(11(2)20)9-18-16(19-10)15-13-6-4-3-5-12(13)7-8-17-15/h3-9,11,20H,1-2H3/t11-/m0/s1. The molecule has 0 unspecified atom stereocenters. The molecule has 0 aliphatic rings. The average molecular weight is 265 g/mol. The van der Waals surface area contributed by atoms with Crippen molar-refractivity contribution in [2.24, 2.45) is 0 Å². The molecule has 0 fully saturated rings. The normalized spacial score (nSPS) is 12.6. The van der Waals surface area contributed by atoms with Crippen LogP contribution in [0.3, 0.4) is 0 Å². The lowest BCUT2D eigenvalue weighted by Gasteiger charge is -2.09. The number of hydrogen-bond donors (Lipinski definition) is 1. The maximum Gasteiger partial charge on any atom is 0.179 e. The molecule has 0 bridgehead atoms. The zero-order valence-corrected chi connectivity index (χ0v) is 11.4. The molecule has 100 valence electrons. The Bertz CT molecular complexity index is 763. The first-order valence-electron chi connectivity index (χ1n) is 6.52. The molecule has 2 heterocycles. The van der Waals surface area contributed by atoms with E-state index in [0.29, 0.717) is 5.82 Å². The SMILES string of the molecule is Cc1nc(-c2nccc3ccccc23)ncc1[C@H](C)O. The number of aromatic nitrogens is 3. The third-order valence-electron chi connectivity index (χ3n) is 3.35. The molecule has 3 aromatic rings. The summed E-state index contributed by atoms with van der Waals surface area (Å²) >= 11 is 0. The van der Waals surface area contributed by atoms with Crippen LogP contribution in [-0.4, -0.2) is 20.1 Å². The molecule has 4 heteroatoms. The summed E-state index contributed by atoms with van der Waals surface area (Å²) in [7, 11) is 0. The van der Waals surface area contributed by atoms with Crippen LogP contribution >= 0.6 is 0 Å². The first-order chi connectivity index (χ1) is 9.66. The van der Waals surface area contributed by atoms with Crippen molar-refractivity contribution in [3.05, 3.63) is 54.0 Å². The first-order valence-corrected chi connectivity index (χ1v) is 6.52. The maximum atomic E-state index is 9.64. The molecule has 4 nitrogen and oxygen atoms in total. The van der Waals surface area contributed by atoms with Gasteiger partial charge in [-0.2, -0.15) is 0 Å². The predicted molar refractivity (Wildman–Crippen MR) is 78.1 cm³/mol. The summed E-state index contributed by atoms with van der Waals surface area (Å²) in [6, 6.07) is 9.99. The lowest BCUT2D eigenvalue weighted by atomic mass is 10.1. The third-order valence-corrected chi connectivity index (χ3v) is 3.35. The second kappa shape index (κ2) is 4.98. The molecule has 0 saturated heterocycles. The molecular weight excluding hydrogens is 250 g/mol. The van der Waals surface area contributed by atoms with Gasteiger partial charge in [-0.3, -0.25) is 4.98 Å². The van der Waals surface area contributed by atoms with Crippen LogP contribution in [0.25, 0.3) is 22.3 Å². The van der Waals surface area contributed by atoms with Gasteiger partial charge < -0.3 is 5.11 Å². The monoisotopic (exact) mass is 265 g/mol. The highest BCUT2D eigenvalue weighted by molar-refractivity contribution is 5.92. The number of aryl methyl sites for hydroxylation is 1. The average Bonchev–Trinajstić information content (AvgIpc) is 2.46. The Morgan fingerprint density at radius 3 is 2.65 bits per heavy atom. The fourth-order valence-electron chi connectivity index (χ4n) is 2.30. The van der Waals surface area contributed by atoms with Gasteiger partial charge in [-0.05, 0) is 25.3 Å². The van der Waals surface area contributed by atoms with Gasteiger partial charge >= 0.3 is 0 Å². The van der Waals surface area contributed by atoms with Crippen molar-refractivity contribution in [1.82, 2.24) is 15.0 Å². The number of rotatable bonds is 2. The quantitative estimate of drug-likeness (QED) is 0.773. The smallest absolute Gasteiger partial charge is 0.179 e. The second-order valence-corrected chi connectivity index (χ2v) is 4.79. The summed E-state index contributed by atoms with van der Waals surface area (Å²) in [6.45, 7) is 3.58. The number of hydrogen-bond acceptors (Lipinski definition) is 4. The van der Waals surface area contributed by atoms with Gasteiger partial charge in [0.15, 0.2) is 5.82 Å². The van der Waals surface area contributed by atoms with E-state index in [1.165, 1.54) is 0 Å². The van der Waals surface area contributed by atoms with Gasteiger partial charge in [0.25, 0.3) is 0 Å². The Balaban J connectivity index is 2.19. The van der Waals surface area contributed by atoms with Crippen molar-refractivity contribution in [1.29, 1.82) is 0 Å². The summed E-state index contributed by atoms with van der Waals surface area (Å²) in [5.74, 6) is 0.587. The third kappa shape index (κ3) is 2.14. The van der Waals surface area contributed by atoms with Crippen LogP contribution in [0.4, 0.5) is 0 Å². The zero-order valence-electron chi connectivity index (χ0n) is 11.4. The van der Waals surface area contributed by atoms with E-state index >= 15 is 0 Å². The van der Waals surface area contributed by atoms with Crippen LogP contribution in [0.5, 0.6) is 0 Å². The molecule has 2 aromatic heterocycles. The van der Waals surface area contributed by atoms with Crippen molar-refractivity contribution in [3.63, 3.8) is 0 Å². The van der Waals surface area contributed by atoms with Crippen LogP contribution in [-0.2, 0) is 0 Å². The van der Waals surface area contributed by atoms with Crippen LogP contribution < -0.4 is 0 Å². The van der Waals surface area contributed by atoms with Crippen molar-refractivity contribution >= 4 is 10.8 Å². The number of aliphatic hydroxyl groups is 1. The van der Waals surface area contributed by atoms with Crippen LogP contribution in [0.15, 0.2) is 42.7 Å². The van der Waals surface area contributed by atoms with E-state index in [1.807, 2.05) is 37.3 Å². The molecule has 0 radical (unpaired) electrons. The maximum absolute atomic E-state index is 9.64. The topological polar surface area (TPSA) is 58.9 Å². The lowest BCUT2D eigenvalue weighted by Crippen LogP contribution is -2.02. The molecule has 0 amide bonds. The van der Waals surface area contributed by atoms with Crippen LogP contribution in [0.1, 0.15) is 24.3 Å². The Morgan fingerprint density at radius 2 is 1.90 bits per heavy atom. The zero-order chi connectivity index (χ0) is 14.1. The summed E-state index contributed by atoms with van der Waals surface area (Å²) in [6.07, 6.45) is 2.87. The Labute approximate surface area is 117 Å². The molecule has 20 heavy (non-hydrogen) atoms. The molecule has 0 aliphatic carbocycles. The van der Waals surface area contributed by atoms with Gasteiger partial charge in [-0.15, -0.1) is 0 Å². The van der Waals surface area contributed by atoms with Crippen LogP contribution in [0, 0.1) is 6.92 Å². The number of nitrogens with zero attached hydrogens (tertiary/aromatic N) is 3. The summed E-state index contributed by atoms with van der Waals surface area (Å²) in [5, 5.41) is 11.8. The number of benzene rings is 1. The summed E-state index contributed by atoms with van der Waals surface area (Å²) < 4.78 is 0. The Kier molecular flexibility index (Phi) is 3.16. The number of fused-ring (bicyclic) bond motifs is 1. The Morgan fingerprint density at radius 1 is 1.10 bits per heavy atom. The lowest BCUT2D eigenvalue weighted by molar-refractivity contribution is 0.197. The number of pyridine rings is 1. The fourth-order valence-corrected chi connectivity index (χ4v) is 2.30. The van der Waals surface area contributed by atoms with Gasteiger partial charge in [0.1, 0.15) is 5.69 Å². The molecule has 0 aliphatic heterocycles. The molecule has 1 atom stereocenters. The molecule has 0 spiro atoms. The minimum absolute atomic E-state index is 0.565. The van der Waals surface area contributed by atoms with E-state index in [9.17, 15) is 5.11 Å². The highest BCUT2D eigenvalue weighted by Crippen LogP contribution is 2.25. The molecule has 0 saturated carbocycles. The fraction of sp³-hybridized carbons (Fsp3) is 0.188. The summed E-state index contributed by atoms with van der Waals surface area (Å²) in [4.78, 5) is 13.2. The summed E-state index contributed by atoms with van der Waals surface area (Å²) in [5.41, 5.74) is 2.29. The molecule has 3 rings (SSSR count). The Hall–Kier alpha value is -2.33.